The van der Waals surface area contributed by atoms with E-state index in [0.29, 0.717) is 0 Å². The first-order chi connectivity index (χ1) is 13.9. The molecule has 0 saturated heterocycles. The molecule has 0 radical (unpaired) electrons. The molecule has 2 aromatic heterocycles. The summed E-state index contributed by atoms with van der Waals surface area (Å²) >= 11 is 1.43. The van der Waals surface area contributed by atoms with E-state index in [1.165, 1.54) is 37.7 Å². The average molecular weight is 414 g/mol. The highest BCUT2D eigenvalue weighted by atomic mass is 32.1. The van der Waals surface area contributed by atoms with E-state index in [4.69, 9.17) is 9.47 Å². The molecular weight excluding hydrogens is 396 g/mol. The van der Waals surface area contributed by atoms with Gasteiger partial charge in [-0.1, -0.05) is 0 Å². The van der Waals surface area contributed by atoms with Crippen molar-refractivity contribution in [3.05, 3.63) is 62.9 Å². The summed E-state index contributed by atoms with van der Waals surface area (Å²) in [5, 5.41) is 14.9. The van der Waals surface area contributed by atoms with Gasteiger partial charge >= 0.3 is 0 Å². The second-order valence-corrected chi connectivity index (χ2v) is 7.02. The maximum Gasteiger partial charge on any atom is 0.286 e. The highest BCUT2D eigenvalue weighted by Crippen LogP contribution is 2.34. The highest BCUT2D eigenvalue weighted by molar-refractivity contribution is 7.15. The van der Waals surface area contributed by atoms with Gasteiger partial charge in [0.1, 0.15) is 10.6 Å². The second kappa shape index (κ2) is 8.65. The van der Waals surface area contributed by atoms with Gasteiger partial charge in [0.15, 0.2) is 11.5 Å². The Hall–Kier alpha value is -3.53. The third kappa shape index (κ3) is 4.32. The summed E-state index contributed by atoms with van der Waals surface area (Å²) in [7, 11) is 2.76. The van der Waals surface area contributed by atoms with E-state index in [1.807, 2.05) is 19.1 Å². The van der Waals surface area contributed by atoms with Crippen molar-refractivity contribution < 1.29 is 19.2 Å². The largest absolute Gasteiger partial charge is 0.493 e. The van der Waals surface area contributed by atoms with Crippen LogP contribution in [0.4, 0.5) is 5.69 Å². The van der Waals surface area contributed by atoms with Gasteiger partial charge in [-0.3, -0.25) is 19.9 Å². The van der Waals surface area contributed by atoms with E-state index >= 15 is 0 Å². The second-order valence-electron chi connectivity index (χ2n) is 5.93. The fourth-order valence-electron chi connectivity index (χ4n) is 2.66. The Morgan fingerprint density at radius 3 is 2.62 bits per heavy atom. The minimum Gasteiger partial charge on any atom is -0.493 e. The third-order valence-electron chi connectivity index (χ3n) is 4.15. The molecule has 0 fully saturated rings. The zero-order valence-corrected chi connectivity index (χ0v) is 16.8. The number of nitrogens with one attached hydrogen (secondary N) is 1. The number of benzene rings is 1. The van der Waals surface area contributed by atoms with Crippen LogP contribution in [0.15, 0.2) is 36.7 Å². The van der Waals surface area contributed by atoms with Crippen LogP contribution in [0.25, 0.3) is 10.6 Å². The molecule has 0 spiro atoms. The monoisotopic (exact) mass is 414 g/mol. The Labute approximate surface area is 170 Å². The standard InChI is InChI=1S/C19H18N4O5S/c1-11-17(29-19(22-11)12-5-4-6-20-9-12)10-21-18(24)13-7-15(27-2)16(28-3)8-14(13)23(25)26/h4-9H,10H2,1-3H3,(H,21,24). The molecule has 0 aliphatic heterocycles. The minimum absolute atomic E-state index is 0.109. The van der Waals surface area contributed by atoms with E-state index in [-0.39, 0.29) is 29.3 Å². The molecule has 1 aromatic carbocycles. The molecule has 0 saturated carbocycles. The van der Waals surface area contributed by atoms with E-state index in [9.17, 15) is 14.9 Å². The lowest BCUT2D eigenvalue weighted by atomic mass is 10.1. The minimum atomic E-state index is -0.630. The molecule has 0 bridgehead atoms. The van der Waals surface area contributed by atoms with Crippen molar-refractivity contribution >= 4 is 22.9 Å². The number of aryl methyl sites for hydroxylation is 1. The van der Waals surface area contributed by atoms with Crippen molar-refractivity contribution in [3.8, 4) is 22.1 Å². The fraction of sp³-hybridized carbons (Fsp3) is 0.211. The first kappa shape index (κ1) is 20.2. The Morgan fingerprint density at radius 1 is 1.28 bits per heavy atom. The van der Waals surface area contributed by atoms with Gasteiger partial charge in [-0.05, 0) is 19.1 Å². The lowest BCUT2D eigenvalue weighted by Crippen LogP contribution is -2.23. The molecule has 0 atom stereocenters. The van der Waals surface area contributed by atoms with Gasteiger partial charge in [0, 0.05) is 28.9 Å². The summed E-state index contributed by atoms with van der Waals surface area (Å²) < 4.78 is 10.2. The van der Waals surface area contributed by atoms with E-state index in [0.717, 1.165) is 21.1 Å². The van der Waals surface area contributed by atoms with Crippen molar-refractivity contribution in [2.45, 2.75) is 13.5 Å². The Bertz CT molecular complexity index is 1050. The zero-order valence-electron chi connectivity index (χ0n) is 16.0. The first-order valence-electron chi connectivity index (χ1n) is 8.50. The number of nitro benzene ring substituents is 1. The van der Waals surface area contributed by atoms with Crippen LogP contribution in [-0.2, 0) is 6.54 Å². The maximum absolute atomic E-state index is 12.7. The number of methoxy groups -OCH3 is 2. The molecule has 0 unspecified atom stereocenters. The van der Waals surface area contributed by atoms with Gasteiger partial charge in [0.2, 0.25) is 0 Å². The molecule has 1 N–H and O–H groups in total. The summed E-state index contributed by atoms with van der Waals surface area (Å²) in [6, 6.07) is 6.20. The normalized spacial score (nSPS) is 10.4. The van der Waals surface area contributed by atoms with Crippen LogP contribution in [0.2, 0.25) is 0 Å². The molecule has 2 heterocycles. The number of pyridine rings is 1. The van der Waals surface area contributed by atoms with Crippen LogP contribution in [0.5, 0.6) is 11.5 Å². The van der Waals surface area contributed by atoms with E-state index < -0.39 is 10.8 Å². The topological polar surface area (TPSA) is 116 Å². The molecule has 9 nitrogen and oxygen atoms in total. The first-order valence-corrected chi connectivity index (χ1v) is 9.31. The average Bonchev–Trinajstić information content (AvgIpc) is 3.12. The van der Waals surface area contributed by atoms with Crippen molar-refractivity contribution in [1.82, 2.24) is 15.3 Å². The Morgan fingerprint density at radius 2 is 2.00 bits per heavy atom. The molecule has 29 heavy (non-hydrogen) atoms. The Balaban J connectivity index is 1.83. The van der Waals surface area contributed by atoms with Crippen LogP contribution in [0, 0.1) is 17.0 Å². The fourth-order valence-corrected chi connectivity index (χ4v) is 3.65. The van der Waals surface area contributed by atoms with E-state index in [1.54, 1.807) is 12.4 Å². The number of nitrogens with zero attached hydrogens (tertiary/aromatic N) is 3. The molecule has 3 rings (SSSR count). The summed E-state index contributed by atoms with van der Waals surface area (Å²) in [6.07, 6.45) is 3.40. The van der Waals surface area contributed by atoms with Gasteiger partial charge in [0.05, 0.1) is 37.4 Å². The van der Waals surface area contributed by atoms with Gasteiger partial charge in [-0.15, -0.1) is 11.3 Å². The predicted octanol–water partition coefficient (Wildman–Crippen LogP) is 3.37. The number of amides is 1. The number of thiazole rings is 1. The summed E-state index contributed by atoms with van der Waals surface area (Å²) in [5.74, 6) is -0.181. The maximum atomic E-state index is 12.7. The molecule has 0 aliphatic carbocycles. The molecule has 1 amide bonds. The van der Waals surface area contributed by atoms with Crippen molar-refractivity contribution in [2.24, 2.45) is 0 Å². The highest BCUT2D eigenvalue weighted by Gasteiger charge is 2.24. The number of aromatic nitrogens is 2. The van der Waals surface area contributed by atoms with Crippen LogP contribution in [0.3, 0.4) is 0 Å². The summed E-state index contributed by atoms with van der Waals surface area (Å²) in [5.41, 5.74) is 1.18. The predicted molar refractivity (Wildman–Crippen MR) is 107 cm³/mol. The van der Waals surface area contributed by atoms with Gasteiger partial charge in [-0.2, -0.15) is 0 Å². The van der Waals surface area contributed by atoms with Crippen molar-refractivity contribution in [2.75, 3.05) is 14.2 Å². The number of rotatable bonds is 7. The van der Waals surface area contributed by atoms with Crippen LogP contribution >= 0.6 is 11.3 Å². The van der Waals surface area contributed by atoms with Crippen LogP contribution in [0.1, 0.15) is 20.9 Å². The lowest BCUT2D eigenvalue weighted by molar-refractivity contribution is -0.385. The number of hydrogen-bond acceptors (Lipinski definition) is 8. The number of nitro groups is 1. The molecule has 3 aromatic rings. The van der Waals surface area contributed by atoms with Crippen molar-refractivity contribution in [1.29, 1.82) is 0 Å². The zero-order chi connectivity index (χ0) is 21.0. The molecule has 0 aliphatic rings. The number of hydrogen-bond donors (Lipinski definition) is 1. The van der Waals surface area contributed by atoms with Crippen molar-refractivity contribution in [3.63, 3.8) is 0 Å². The quantitative estimate of drug-likeness (QED) is 0.465. The van der Waals surface area contributed by atoms with Crippen LogP contribution in [-0.4, -0.2) is 35.0 Å². The third-order valence-corrected chi connectivity index (χ3v) is 5.36. The molecular formula is C19H18N4O5S. The summed E-state index contributed by atoms with van der Waals surface area (Å²) in [6.45, 7) is 2.03. The number of carbonyl (C=O) groups is 1. The molecule has 10 heteroatoms. The number of ether oxygens (including phenoxy) is 2. The van der Waals surface area contributed by atoms with Gasteiger partial charge in [0.25, 0.3) is 11.6 Å². The number of carbonyl (C=O) groups excluding carboxylic acids is 1. The Kier molecular flexibility index (Phi) is 6.03. The molecule has 150 valence electrons. The smallest absolute Gasteiger partial charge is 0.286 e. The van der Waals surface area contributed by atoms with E-state index in [2.05, 4.69) is 15.3 Å². The van der Waals surface area contributed by atoms with Gasteiger partial charge < -0.3 is 14.8 Å². The summed E-state index contributed by atoms with van der Waals surface area (Å²) in [4.78, 5) is 32.9. The lowest BCUT2D eigenvalue weighted by Gasteiger charge is -2.10. The van der Waals surface area contributed by atoms with Gasteiger partial charge in [-0.25, -0.2) is 4.98 Å². The SMILES string of the molecule is COc1cc(C(=O)NCc2sc(-c3cccnc3)nc2C)c([N+](=O)[O-])cc1OC. The van der Waals surface area contributed by atoms with Crippen LogP contribution < -0.4 is 14.8 Å².